The van der Waals surface area contributed by atoms with Gasteiger partial charge in [-0.15, -0.1) is 0 Å². The molecule has 0 atom stereocenters. The molecule has 512 valence electrons. The van der Waals surface area contributed by atoms with Crippen molar-refractivity contribution in [1.82, 2.24) is 24.5 Å². The molecular formula is C81H163N5. The highest BCUT2D eigenvalue weighted by Crippen LogP contribution is 2.18. The number of piperazine rings is 1. The number of hydrogen-bond acceptors (Lipinski definition) is 5. The zero-order valence-electron chi connectivity index (χ0n) is 60.5. The molecule has 5 heteroatoms. The van der Waals surface area contributed by atoms with Gasteiger partial charge in [0.05, 0.1) is 0 Å². The summed E-state index contributed by atoms with van der Waals surface area (Å²) in [6, 6.07) is 0. The van der Waals surface area contributed by atoms with Crippen molar-refractivity contribution in [2.45, 2.75) is 401 Å². The van der Waals surface area contributed by atoms with E-state index in [4.69, 9.17) is 0 Å². The maximum absolute atomic E-state index is 2.94. The van der Waals surface area contributed by atoms with Crippen molar-refractivity contribution in [3.05, 3.63) is 24.3 Å². The normalized spacial score (nSPS) is 13.7. The topological polar surface area (TPSA) is 16.2 Å². The van der Waals surface area contributed by atoms with Gasteiger partial charge in [0.25, 0.3) is 0 Å². The standard InChI is InChI=1S/C81H163N5/c1-6-11-16-21-26-31-36-38-40-42-44-46-51-55-60-65-70-83(69-64-59-54-50-45-43-41-39-37-32-27-22-17-12-7-2)73-76-85-78-80-86(81-79-85)77-75-84(71-66-61-56-49-35-30-25-20-15-10-5)74-72-82(67-62-57-52-47-33-28-23-18-13-8-3)68-63-58-53-48-34-29-24-19-14-9-4/h37-40H,6-36,41-81H2,1-5H3/b39-37+,40-38-. The zero-order valence-corrected chi connectivity index (χ0v) is 60.5. The predicted molar refractivity (Wildman–Crippen MR) is 392 cm³/mol. The minimum Gasteiger partial charge on any atom is -0.302 e. The summed E-state index contributed by atoms with van der Waals surface area (Å²) in [5, 5.41) is 0. The highest BCUT2D eigenvalue weighted by Gasteiger charge is 2.19. The van der Waals surface area contributed by atoms with E-state index in [9.17, 15) is 0 Å². The Balaban J connectivity index is 2.73. The first-order chi connectivity index (χ1) is 42.7. The molecule has 0 saturated carbocycles. The molecule has 86 heavy (non-hydrogen) atoms. The molecule has 0 N–H and O–H groups in total. The minimum atomic E-state index is 1.26. The van der Waals surface area contributed by atoms with Gasteiger partial charge in [-0.2, -0.15) is 0 Å². The molecule has 1 aliphatic rings. The molecule has 1 aliphatic heterocycles. The van der Waals surface area contributed by atoms with Crippen molar-refractivity contribution in [2.24, 2.45) is 0 Å². The van der Waals surface area contributed by atoms with Crippen LogP contribution in [0.15, 0.2) is 24.3 Å². The second-order valence-electron chi connectivity index (χ2n) is 28.3. The quantitative estimate of drug-likeness (QED) is 0.0444. The lowest BCUT2D eigenvalue weighted by Gasteiger charge is -2.37. The third-order valence-electron chi connectivity index (χ3n) is 19.9. The van der Waals surface area contributed by atoms with Crippen molar-refractivity contribution in [2.75, 3.05) is 98.2 Å². The summed E-state index contributed by atoms with van der Waals surface area (Å²) >= 11 is 0. The van der Waals surface area contributed by atoms with E-state index < -0.39 is 0 Å². The zero-order chi connectivity index (χ0) is 61.6. The van der Waals surface area contributed by atoms with Crippen molar-refractivity contribution in [3.63, 3.8) is 0 Å². The van der Waals surface area contributed by atoms with Crippen LogP contribution in [0.4, 0.5) is 0 Å². The van der Waals surface area contributed by atoms with E-state index in [1.54, 1.807) is 0 Å². The summed E-state index contributed by atoms with van der Waals surface area (Å²) in [4.78, 5) is 14.5. The molecule has 0 aromatic heterocycles. The van der Waals surface area contributed by atoms with Gasteiger partial charge >= 0.3 is 0 Å². The van der Waals surface area contributed by atoms with Gasteiger partial charge in [0.15, 0.2) is 0 Å². The van der Waals surface area contributed by atoms with E-state index in [2.05, 4.69) is 83.4 Å². The third-order valence-corrected chi connectivity index (χ3v) is 19.9. The number of rotatable bonds is 73. The van der Waals surface area contributed by atoms with E-state index in [0.717, 1.165) is 0 Å². The molecule has 0 bridgehead atoms. The van der Waals surface area contributed by atoms with Crippen molar-refractivity contribution >= 4 is 0 Å². The van der Waals surface area contributed by atoms with Gasteiger partial charge in [0, 0.05) is 65.4 Å². The molecule has 0 radical (unpaired) electrons. The van der Waals surface area contributed by atoms with Crippen LogP contribution in [0.5, 0.6) is 0 Å². The number of nitrogens with zero attached hydrogens (tertiary/aromatic N) is 5. The lowest BCUT2D eigenvalue weighted by molar-refractivity contribution is 0.104. The van der Waals surface area contributed by atoms with Crippen LogP contribution in [0.1, 0.15) is 401 Å². The Kier molecular flexibility index (Phi) is 69.5. The molecule has 0 amide bonds. The van der Waals surface area contributed by atoms with Crippen molar-refractivity contribution in [3.8, 4) is 0 Å². The van der Waals surface area contributed by atoms with Gasteiger partial charge in [-0.1, -0.05) is 341 Å². The maximum atomic E-state index is 2.94. The van der Waals surface area contributed by atoms with Gasteiger partial charge < -0.3 is 14.7 Å². The van der Waals surface area contributed by atoms with Crippen LogP contribution >= 0.6 is 0 Å². The van der Waals surface area contributed by atoms with E-state index in [0.29, 0.717) is 0 Å². The molecule has 0 aromatic carbocycles. The second kappa shape index (κ2) is 71.7. The largest absolute Gasteiger partial charge is 0.302 e. The average molecular weight is 1210 g/mol. The second-order valence-corrected chi connectivity index (χ2v) is 28.3. The molecule has 5 nitrogen and oxygen atoms in total. The van der Waals surface area contributed by atoms with Crippen LogP contribution in [0.2, 0.25) is 0 Å². The Morgan fingerprint density at radius 1 is 0.186 bits per heavy atom. The fraction of sp³-hybridized carbons (Fsp3) is 0.951. The lowest BCUT2D eigenvalue weighted by Crippen LogP contribution is -2.50. The Morgan fingerprint density at radius 2 is 0.349 bits per heavy atom. The van der Waals surface area contributed by atoms with Crippen LogP contribution < -0.4 is 0 Å². The SMILES string of the molecule is CCCCCCC/C=C/CCCCCCCCN(CCCCCCCC/C=C\CCCCCCCC)CCN1CCN(CCN(CCCCCCCCCCCC)CCN(CCCCCCCCCCCC)CCCCCCCCCCCC)CC1. The van der Waals surface area contributed by atoms with Crippen LogP contribution in [-0.2, 0) is 0 Å². The molecule has 0 unspecified atom stereocenters. The predicted octanol–water partition coefficient (Wildman–Crippen LogP) is 25.0. The van der Waals surface area contributed by atoms with E-state index >= 15 is 0 Å². The summed E-state index contributed by atoms with van der Waals surface area (Å²) in [6.45, 7) is 30.9. The van der Waals surface area contributed by atoms with Crippen molar-refractivity contribution in [1.29, 1.82) is 0 Å². The molecule has 0 aliphatic carbocycles. The third kappa shape index (κ3) is 62.1. The average Bonchev–Trinajstić information content (AvgIpc) is 3.62. The first-order valence-corrected chi connectivity index (χ1v) is 40.6. The molecule has 1 saturated heterocycles. The summed E-state index contributed by atoms with van der Waals surface area (Å²) in [6.07, 6.45) is 90.6. The van der Waals surface area contributed by atoms with Crippen LogP contribution in [0.3, 0.4) is 0 Å². The Morgan fingerprint density at radius 3 is 0.558 bits per heavy atom. The van der Waals surface area contributed by atoms with E-state index in [1.165, 1.54) is 464 Å². The van der Waals surface area contributed by atoms with Gasteiger partial charge in [0.2, 0.25) is 0 Å². The molecule has 0 aromatic rings. The fourth-order valence-electron chi connectivity index (χ4n) is 13.5. The Bertz CT molecular complexity index is 1270. The van der Waals surface area contributed by atoms with Gasteiger partial charge in [-0.3, -0.25) is 9.80 Å². The molecule has 1 heterocycles. The van der Waals surface area contributed by atoms with Gasteiger partial charge in [-0.05, 0) is 116 Å². The fourth-order valence-corrected chi connectivity index (χ4v) is 13.5. The summed E-state index contributed by atoms with van der Waals surface area (Å²) < 4.78 is 0. The number of unbranched alkanes of at least 4 members (excludes halogenated alkanes) is 50. The van der Waals surface area contributed by atoms with Crippen molar-refractivity contribution < 1.29 is 0 Å². The highest BCUT2D eigenvalue weighted by atomic mass is 15.3. The lowest BCUT2D eigenvalue weighted by atomic mass is 10.1. The molecule has 1 rings (SSSR count). The molecular weight excluding hydrogens is 1040 g/mol. The summed E-state index contributed by atoms with van der Waals surface area (Å²) in [5.41, 5.74) is 0. The number of allylic oxidation sites excluding steroid dienone is 4. The van der Waals surface area contributed by atoms with E-state index in [-0.39, 0.29) is 0 Å². The first kappa shape index (κ1) is 83.3. The highest BCUT2D eigenvalue weighted by molar-refractivity contribution is 4.82. The summed E-state index contributed by atoms with van der Waals surface area (Å²) in [7, 11) is 0. The summed E-state index contributed by atoms with van der Waals surface area (Å²) in [5.74, 6) is 0. The Hall–Kier alpha value is -0.720. The maximum Gasteiger partial charge on any atom is 0.0110 e. The molecule has 1 fully saturated rings. The monoisotopic (exact) mass is 1210 g/mol. The van der Waals surface area contributed by atoms with E-state index in [1.807, 2.05) is 0 Å². The van der Waals surface area contributed by atoms with Gasteiger partial charge in [-0.25, -0.2) is 0 Å². The van der Waals surface area contributed by atoms with Crippen LogP contribution in [0, 0.1) is 0 Å². The first-order valence-electron chi connectivity index (χ1n) is 40.6. The van der Waals surface area contributed by atoms with Crippen LogP contribution in [-0.4, -0.2) is 123 Å². The molecule has 0 spiro atoms. The minimum absolute atomic E-state index is 1.26. The van der Waals surface area contributed by atoms with Crippen LogP contribution in [0.25, 0.3) is 0 Å². The number of hydrogen-bond donors (Lipinski definition) is 0. The Labute approximate surface area is 544 Å². The smallest absolute Gasteiger partial charge is 0.0110 e. The van der Waals surface area contributed by atoms with Gasteiger partial charge in [0.1, 0.15) is 0 Å².